The molecule has 1 saturated heterocycles. The molecule has 1 aromatic carbocycles. The summed E-state index contributed by atoms with van der Waals surface area (Å²) >= 11 is 1.46. The molecule has 0 radical (unpaired) electrons. The fourth-order valence-electron chi connectivity index (χ4n) is 2.69. The van der Waals surface area contributed by atoms with Gasteiger partial charge in [0.1, 0.15) is 11.0 Å². The summed E-state index contributed by atoms with van der Waals surface area (Å²) in [5.74, 6) is 0. The van der Waals surface area contributed by atoms with E-state index in [-0.39, 0.29) is 5.56 Å². The van der Waals surface area contributed by atoms with E-state index in [1.807, 2.05) is 28.5 Å². The van der Waals surface area contributed by atoms with E-state index in [1.165, 1.54) is 23.9 Å². The van der Waals surface area contributed by atoms with Gasteiger partial charge in [0.25, 0.3) is 0 Å². The maximum Gasteiger partial charge on any atom is 0.421 e. The molecule has 1 N–H and O–H groups in total. The van der Waals surface area contributed by atoms with Crippen LogP contribution in [-0.2, 0) is 16.6 Å². The molecule has 2 atom stereocenters. The molecular weight excluding hydrogens is 385 g/mol. The van der Waals surface area contributed by atoms with E-state index in [4.69, 9.17) is 0 Å². The van der Waals surface area contributed by atoms with Crippen LogP contribution in [0.2, 0.25) is 0 Å². The average Bonchev–Trinajstić information content (AvgIpc) is 2.62. The number of thioether (sulfide) groups is 1. The van der Waals surface area contributed by atoms with E-state index in [0.717, 1.165) is 16.8 Å². The number of allylic oxidation sites excluding steroid dienone is 1. The number of halogens is 3. The normalized spacial score (nSPS) is 20.7. The van der Waals surface area contributed by atoms with Gasteiger partial charge < -0.3 is 10.0 Å². The van der Waals surface area contributed by atoms with Crippen molar-refractivity contribution in [3.8, 4) is 0 Å². The van der Waals surface area contributed by atoms with Gasteiger partial charge in [0, 0.05) is 31.9 Å². The second-order valence-electron chi connectivity index (χ2n) is 6.09. The van der Waals surface area contributed by atoms with Crippen LogP contribution < -0.4 is 4.90 Å². The predicted octanol–water partition coefficient (Wildman–Crippen LogP) is 3.47. The van der Waals surface area contributed by atoms with Gasteiger partial charge in [-0.15, -0.1) is 11.8 Å². The Morgan fingerprint density at radius 2 is 1.73 bits per heavy atom. The van der Waals surface area contributed by atoms with Crippen molar-refractivity contribution in [2.75, 3.05) is 37.3 Å². The summed E-state index contributed by atoms with van der Waals surface area (Å²) in [5, 5.41) is 9.73. The van der Waals surface area contributed by atoms with Gasteiger partial charge in [-0.2, -0.15) is 13.2 Å². The molecule has 0 aromatic heterocycles. The van der Waals surface area contributed by atoms with Crippen LogP contribution in [0.3, 0.4) is 0 Å². The van der Waals surface area contributed by atoms with Crippen molar-refractivity contribution in [2.45, 2.75) is 25.6 Å². The van der Waals surface area contributed by atoms with Gasteiger partial charge in [-0.05, 0) is 37.8 Å². The summed E-state index contributed by atoms with van der Waals surface area (Å²) in [6, 6.07) is 5.78. The second-order valence-corrected chi connectivity index (χ2v) is 8.65. The highest BCUT2D eigenvalue weighted by Crippen LogP contribution is 2.38. The van der Waals surface area contributed by atoms with Crippen LogP contribution >= 0.6 is 11.8 Å². The van der Waals surface area contributed by atoms with E-state index in [1.54, 1.807) is 12.1 Å². The number of hydrogen-bond donors (Lipinski definition) is 1. The number of anilines is 1. The summed E-state index contributed by atoms with van der Waals surface area (Å²) in [7, 11) is -1.17. The highest BCUT2D eigenvalue weighted by molar-refractivity contribution is 8.15. The topological polar surface area (TPSA) is 43.8 Å². The minimum Gasteiger partial charge on any atom is -0.376 e. The lowest BCUT2D eigenvalue weighted by atomic mass is 9.95. The number of nitrogens with zero attached hydrogens (tertiary/aromatic N) is 2. The van der Waals surface area contributed by atoms with Crippen molar-refractivity contribution >= 4 is 28.4 Å². The van der Waals surface area contributed by atoms with Gasteiger partial charge in [0.2, 0.25) is 0 Å². The van der Waals surface area contributed by atoms with Gasteiger partial charge >= 0.3 is 6.18 Å². The molecule has 1 aliphatic heterocycles. The standard InChI is InChI=1S/C17H23F3N2O2S2/c1-4-15(25-3)26(24)22-11-9-21(10-12-22)14-7-5-13(6-8-14)16(2,23)17(18,19)20/h4-8,23H,9-12H2,1-3H3/b15-4+. The van der Waals surface area contributed by atoms with Crippen LogP contribution in [0, 0.1) is 0 Å². The Morgan fingerprint density at radius 3 is 2.15 bits per heavy atom. The van der Waals surface area contributed by atoms with Crippen LogP contribution in [0.25, 0.3) is 0 Å². The third-order valence-corrected chi connectivity index (χ3v) is 7.41. The maximum atomic E-state index is 12.9. The zero-order valence-electron chi connectivity index (χ0n) is 14.9. The summed E-state index contributed by atoms with van der Waals surface area (Å²) in [4.78, 5) is 2.04. The van der Waals surface area contributed by atoms with E-state index in [9.17, 15) is 22.5 Å². The third kappa shape index (κ3) is 4.44. The minimum absolute atomic E-state index is 0.189. The summed E-state index contributed by atoms with van der Waals surface area (Å²) < 4.78 is 53.9. The SMILES string of the molecule is C/C=C(\SC)S(=O)N1CCN(c2ccc(C(C)(O)C(F)(F)F)cc2)CC1. The molecule has 2 rings (SSSR count). The van der Waals surface area contributed by atoms with Crippen molar-refractivity contribution in [1.82, 2.24) is 4.31 Å². The zero-order valence-corrected chi connectivity index (χ0v) is 16.5. The largest absolute Gasteiger partial charge is 0.421 e. The van der Waals surface area contributed by atoms with Crippen molar-refractivity contribution < 1.29 is 22.5 Å². The first kappa shape index (κ1) is 21.3. The molecule has 0 aliphatic carbocycles. The molecule has 4 nitrogen and oxygen atoms in total. The maximum absolute atomic E-state index is 12.9. The van der Waals surface area contributed by atoms with E-state index in [2.05, 4.69) is 0 Å². The Kier molecular flexibility index (Phi) is 6.81. The Morgan fingerprint density at radius 1 is 1.19 bits per heavy atom. The summed E-state index contributed by atoms with van der Waals surface area (Å²) in [6.07, 6.45) is -0.995. The van der Waals surface area contributed by atoms with Gasteiger partial charge in [-0.25, -0.2) is 8.51 Å². The lowest BCUT2D eigenvalue weighted by Gasteiger charge is -2.35. The lowest BCUT2D eigenvalue weighted by molar-refractivity contribution is -0.258. The first-order valence-corrected chi connectivity index (χ1v) is 10.5. The molecule has 146 valence electrons. The Bertz CT molecular complexity index is 668. The highest BCUT2D eigenvalue weighted by Gasteiger charge is 2.51. The highest BCUT2D eigenvalue weighted by atomic mass is 32.2. The molecule has 1 heterocycles. The molecule has 0 amide bonds. The lowest BCUT2D eigenvalue weighted by Crippen LogP contribution is -2.47. The molecule has 26 heavy (non-hydrogen) atoms. The Hall–Kier alpha value is -1.03. The number of hydrogen-bond acceptors (Lipinski definition) is 4. The summed E-state index contributed by atoms with van der Waals surface area (Å²) in [6.45, 7) is 5.08. The van der Waals surface area contributed by atoms with Crippen molar-refractivity contribution in [3.05, 3.63) is 40.1 Å². The Balaban J connectivity index is 2.03. The van der Waals surface area contributed by atoms with Crippen molar-refractivity contribution in [2.24, 2.45) is 0 Å². The molecule has 9 heteroatoms. The van der Waals surface area contributed by atoms with Gasteiger partial charge in [-0.3, -0.25) is 0 Å². The molecular formula is C17H23F3N2O2S2. The number of benzene rings is 1. The number of rotatable bonds is 5. The first-order valence-electron chi connectivity index (χ1n) is 8.13. The van der Waals surface area contributed by atoms with Crippen molar-refractivity contribution in [3.63, 3.8) is 0 Å². The van der Waals surface area contributed by atoms with Crippen molar-refractivity contribution in [1.29, 1.82) is 0 Å². The quantitative estimate of drug-likeness (QED) is 0.810. The van der Waals surface area contributed by atoms with Crippen LogP contribution in [0.5, 0.6) is 0 Å². The molecule has 0 bridgehead atoms. The second kappa shape index (κ2) is 8.33. The molecule has 0 spiro atoms. The van der Waals surface area contributed by atoms with Gasteiger partial charge in [0.05, 0.1) is 4.24 Å². The Labute approximate surface area is 158 Å². The number of aliphatic hydroxyl groups is 1. The molecule has 1 fully saturated rings. The molecule has 2 unspecified atom stereocenters. The minimum atomic E-state index is -4.73. The van der Waals surface area contributed by atoms with Crippen LogP contribution in [0.4, 0.5) is 18.9 Å². The number of alkyl halides is 3. The molecule has 0 saturated carbocycles. The molecule has 1 aromatic rings. The first-order chi connectivity index (χ1) is 12.1. The monoisotopic (exact) mass is 408 g/mol. The van der Waals surface area contributed by atoms with Crippen LogP contribution in [0.15, 0.2) is 34.6 Å². The van der Waals surface area contributed by atoms with Crippen LogP contribution in [-0.4, -0.2) is 52.2 Å². The number of piperazine rings is 1. The fraction of sp³-hybridized carbons (Fsp3) is 0.529. The van der Waals surface area contributed by atoms with E-state index in [0.29, 0.717) is 26.2 Å². The zero-order chi connectivity index (χ0) is 19.5. The molecule has 1 aliphatic rings. The average molecular weight is 409 g/mol. The predicted molar refractivity (Wildman–Crippen MR) is 101 cm³/mol. The fourth-order valence-corrected chi connectivity index (χ4v) is 4.76. The smallest absolute Gasteiger partial charge is 0.376 e. The third-order valence-electron chi connectivity index (χ3n) is 4.43. The van der Waals surface area contributed by atoms with E-state index < -0.39 is 22.8 Å². The summed E-state index contributed by atoms with van der Waals surface area (Å²) in [5.41, 5.74) is -2.28. The van der Waals surface area contributed by atoms with Gasteiger partial charge in [0.15, 0.2) is 5.60 Å². The van der Waals surface area contributed by atoms with Gasteiger partial charge in [-0.1, -0.05) is 18.2 Å². The van der Waals surface area contributed by atoms with E-state index >= 15 is 0 Å². The van der Waals surface area contributed by atoms with Crippen LogP contribution in [0.1, 0.15) is 19.4 Å².